The lowest BCUT2D eigenvalue weighted by molar-refractivity contribution is -0.133. The Balaban J connectivity index is 2.58. The molecule has 0 aliphatic rings. The Morgan fingerprint density at radius 1 is 1.26 bits per heavy atom. The Morgan fingerprint density at radius 3 is 2.53 bits per heavy atom. The second-order valence-electron chi connectivity index (χ2n) is 3.67. The average molecular weight is 348 g/mol. The first-order chi connectivity index (χ1) is 8.78. The van der Waals surface area contributed by atoms with Crippen molar-refractivity contribution in [1.29, 1.82) is 0 Å². The van der Waals surface area contributed by atoms with E-state index in [-0.39, 0.29) is 18.8 Å². The number of hydrogen-bond donors (Lipinski definition) is 1. The lowest BCUT2D eigenvalue weighted by atomic mass is 10.2. The van der Waals surface area contributed by atoms with E-state index in [1.807, 2.05) is 0 Å². The summed E-state index contributed by atoms with van der Waals surface area (Å²) in [6.07, 6.45) is -5.22. The van der Waals surface area contributed by atoms with Crippen molar-refractivity contribution < 1.29 is 26.7 Å². The van der Waals surface area contributed by atoms with E-state index >= 15 is 0 Å². The normalized spacial score (nSPS) is 11.9. The maximum Gasteiger partial charge on any atom is 0.390 e. The summed E-state index contributed by atoms with van der Waals surface area (Å²) in [4.78, 5) is 0. The smallest absolute Gasteiger partial charge is 0.390 e. The molecule has 1 aromatic rings. The van der Waals surface area contributed by atoms with E-state index in [1.165, 1.54) is 18.2 Å². The first-order valence-electron chi connectivity index (χ1n) is 5.28. The number of rotatable bonds is 6. The van der Waals surface area contributed by atoms with Gasteiger partial charge in [0.15, 0.2) is 0 Å². The third-order valence-electron chi connectivity index (χ3n) is 2.14. The van der Waals surface area contributed by atoms with Crippen LogP contribution in [0.1, 0.15) is 12.0 Å². The predicted octanol–water partition coefficient (Wildman–Crippen LogP) is 4.09. The van der Waals surface area contributed by atoms with Crippen LogP contribution < -0.4 is 10.1 Å². The van der Waals surface area contributed by atoms with E-state index < -0.39 is 19.2 Å². The fraction of sp³-hybridized carbons (Fsp3) is 0.455. The number of ether oxygens (including phenoxy) is 1. The molecule has 0 aliphatic heterocycles. The van der Waals surface area contributed by atoms with Crippen LogP contribution >= 0.6 is 15.9 Å². The molecule has 2 nitrogen and oxygen atoms in total. The number of benzene rings is 1. The molecule has 0 atom stereocenters. The van der Waals surface area contributed by atoms with Crippen molar-refractivity contribution in [1.82, 2.24) is 5.32 Å². The second-order valence-corrected chi connectivity index (χ2v) is 4.59. The molecule has 0 spiro atoms. The molecule has 0 aromatic heterocycles. The van der Waals surface area contributed by atoms with Gasteiger partial charge in [-0.3, -0.25) is 0 Å². The molecule has 0 heterocycles. The van der Waals surface area contributed by atoms with E-state index in [0.29, 0.717) is 10.0 Å². The zero-order chi connectivity index (χ0) is 14.5. The molecule has 0 saturated carbocycles. The van der Waals surface area contributed by atoms with E-state index in [4.69, 9.17) is 0 Å². The van der Waals surface area contributed by atoms with Crippen molar-refractivity contribution in [2.24, 2.45) is 0 Å². The molecule has 1 aromatic carbocycles. The molecule has 0 radical (unpaired) electrons. The summed E-state index contributed by atoms with van der Waals surface area (Å²) in [6, 6.07) is 4.35. The highest BCUT2D eigenvalue weighted by molar-refractivity contribution is 9.10. The van der Waals surface area contributed by atoms with Gasteiger partial charge in [0.05, 0.1) is 6.42 Å². The predicted molar refractivity (Wildman–Crippen MR) is 63.2 cm³/mol. The van der Waals surface area contributed by atoms with Gasteiger partial charge in [-0.1, -0.05) is 15.9 Å². The summed E-state index contributed by atoms with van der Waals surface area (Å²) in [5.41, 5.74) is 0.358. The highest BCUT2D eigenvalue weighted by atomic mass is 79.9. The van der Waals surface area contributed by atoms with Crippen LogP contribution in [-0.2, 0) is 6.54 Å². The largest absolute Gasteiger partial charge is 0.434 e. The van der Waals surface area contributed by atoms with Crippen LogP contribution in [-0.4, -0.2) is 19.3 Å². The minimum atomic E-state index is -4.24. The van der Waals surface area contributed by atoms with Crippen molar-refractivity contribution >= 4 is 15.9 Å². The maximum absolute atomic E-state index is 12.1. The number of alkyl halides is 5. The quantitative estimate of drug-likeness (QED) is 0.618. The molecule has 108 valence electrons. The zero-order valence-corrected chi connectivity index (χ0v) is 11.2. The average Bonchev–Trinajstić information content (AvgIpc) is 2.26. The fourth-order valence-corrected chi connectivity index (χ4v) is 1.76. The van der Waals surface area contributed by atoms with E-state index in [0.717, 1.165) is 0 Å². The van der Waals surface area contributed by atoms with E-state index in [2.05, 4.69) is 26.0 Å². The summed E-state index contributed by atoms with van der Waals surface area (Å²) in [5.74, 6) is -0.0577. The molecule has 0 bridgehead atoms. The molecule has 1 rings (SSSR count). The van der Waals surface area contributed by atoms with Gasteiger partial charge in [0, 0.05) is 23.1 Å². The topological polar surface area (TPSA) is 21.3 Å². The maximum atomic E-state index is 12.1. The third-order valence-corrected chi connectivity index (χ3v) is 2.63. The van der Waals surface area contributed by atoms with Crippen molar-refractivity contribution in [3.05, 3.63) is 28.2 Å². The van der Waals surface area contributed by atoms with Crippen molar-refractivity contribution in [2.45, 2.75) is 25.8 Å². The third kappa shape index (κ3) is 6.72. The van der Waals surface area contributed by atoms with Gasteiger partial charge in [-0.15, -0.1) is 0 Å². The molecule has 0 saturated heterocycles. The highest BCUT2D eigenvalue weighted by Gasteiger charge is 2.26. The fourth-order valence-electron chi connectivity index (χ4n) is 1.35. The standard InChI is InChI=1S/C11H11BrF5NO/c12-8-1-2-9(19-10(13)14)7(5-8)6-18-4-3-11(15,16)17/h1-2,5,10,18H,3-4,6H2. The Morgan fingerprint density at radius 2 is 1.95 bits per heavy atom. The van der Waals surface area contributed by atoms with Gasteiger partial charge in [-0.25, -0.2) is 0 Å². The van der Waals surface area contributed by atoms with Gasteiger partial charge in [-0.2, -0.15) is 22.0 Å². The van der Waals surface area contributed by atoms with Gasteiger partial charge in [0.25, 0.3) is 0 Å². The molecular weight excluding hydrogens is 337 g/mol. The lowest BCUT2D eigenvalue weighted by Gasteiger charge is -2.12. The molecule has 0 aliphatic carbocycles. The van der Waals surface area contributed by atoms with Gasteiger partial charge < -0.3 is 10.1 Å². The van der Waals surface area contributed by atoms with Crippen LogP contribution in [0.2, 0.25) is 0 Å². The lowest BCUT2D eigenvalue weighted by Crippen LogP contribution is -2.21. The van der Waals surface area contributed by atoms with E-state index in [1.54, 1.807) is 0 Å². The molecule has 0 unspecified atom stereocenters. The monoisotopic (exact) mass is 347 g/mol. The number of halogens is 6. The molecule has 8 heteroatoms. The molecule has 1 N–H and O–H groups in total. The van der Waals surface area contributed by atoms with Gasteiger partial charge in [-0.05, 0) is 18.2 Å². The molecule has 0 fully saturated rings. The van der Waals surface area contributed by atoms with Crippen LogP contribution in [0.5, 0.6) is 5.75 Å². The first kappa shape index (κ1) is 16.2. The minimum Gasteiger partial charge on any atom is -0.434 e. The highest BCUT2D eigenvalue weighted by Crippen LogP contribution is 2.25. The Labute approximate surface area is 115 Å². The number of nitrogens with one attached hydrogen (secondary N) is 1. The summed E-state index contributed by atoms with van der Waals surface area (Å²) in [7, 11) is 0. The summed E-state index contributed by atoms with van der Waals surface area (Å²) >= 11 is 3.15. The summed E-state index contributed by atoms with van der Waals surface area (Å²) in [6.45, 7) is -3.25. The molecule has 19 heavy (non-hydrogen) atoms. The van der Waals surface area contributed by atoms with Gasteiger partial charge in [0.2, 0.25) is 0 Å². The van der Waals surface area contributed by atoms with E-state index in [9.17, 15) is 22.0 Å². The Kier molecular flexibility index (Phi) is 5.99. The van der Waals surface area contributed by atoms with Gasteiger partial charge in [0.1, 0.15) is 5.75 Å². The zero-order valence-electron chi connectivity index (χ0n) is 9.61. The van der Waals surface area contributed by atoms with Crippen molar-refractivity contribution in [3.8, 4) is 5.75 Å². The minimum absolute atomic E-state index is 0.0115. The molecule has 0 amide bonds. The summed E-state index contributed by atoms with van der Waals surface area (Å²) < 4.78 is 65.0. The number of hydrogen-bond acceptors (Lipinski definition) is 2. The summed E-state index contributed by atoms with van der Waals surface area (Å²) in [5, 5.41) is 2.53. The Bertz CT molecular complexity index is 411. The van der Waals surface area contributed by atoms with Crippen LogP contribution in [0.3, 0.4) is 0 Å². The van der Waals surface area contributed by atoms with Crippen LogP contribution in [0.4, 0.5) is 22.0 Å². The van der Waals surface area contributed by atoms with Crippen LogP contribution in [0.25, 0.3) is 0 Å². The SMILES string of the molecule is FC(F)Oc1ccc(Br)cc1CNCCC(F)(F)F. The van der Waals surface area contributed by atoms with Crippen molar-refractivity contribution in [2.75, 3.05) is 6.54 Å². The van der Waals surface area contributed by atoms with Crippen LogP contribution in [0, 0.1) is 0 Å². The Hall–Kier alpha value is -0.890. The van der Waals surface area contributed by atoms with Gasteiger partial charge >= 0.3 is 12.8 Å². The van der Waals surface area contributed by atoms with Crippen LogP contribution in [0.15, 0.2) is 22.7 Å². The second kappa shape index (κ2) is 7.04. The van der Waals surface area contributed by atoms with Crippen molar-refractivity contribution in [3.63, 3.8) is 0 Å². The first-order valence-corrected chi connectivity index (χ1v) is 6.08. The molecular formula is C11H11BrF5NO.